The van der Waals surface area contributed by atoms with Crippen LogP contribution < -0.4 is 11.1 Å². The molecule has 3 N–H and O–H groups in total. The molecule has 0 aliphatic carbocycles. The third kappa shape index (κ3) is 3.94. The lowest BCUT2D eigenvalue weighted by atomic mass is 10.0. The van der Waals surface area contributed by atoms with Crippen LogP contribution in [0, 0.1) is 6.92 Å². The van der Waals surface area contributed by atoms with Gasteiger partial charge in [-0.1, -0.05) is 30.3 Å². The van der Waals surface area contributed by atoms with Gasteiger partial charge in [0.25, 0.3) is 0 Å². The second-order valence-corrected chi connectivity index (χ2v) is 7.83. The van der Waals surface area contributed by atoms with E-state index in [2.05, 4.69) is 44.8 Å². The van der Waals surface area contributed by atoms with Gasteiger partial charge in [-0.15, -0.1) is 11.3 Å². The van der Waals surface area contributed by atoms with Crippen LogP contribution in [0.5, 0.6) is 0 Å². The number of nitrogens with zero attached hydrogens (tertiary/aromatic N) is 3. The summed E-state index contributed by atoms with van der Waals surface area (Å²) in [4.78, 5) is 23.6. The highest BCUT2D eigenvalue weighted by molar-refractivity contribution is 7.17. The topological polar surface area (TPSA) is 84.1 Å². The van der Waals surface area contributed by atoms with Crippen molar-refractivity contribution in [2.45, 2.75) is 25.8 Å². The molecular weight excluding hydrogens is 358 g/mol. The molecule has 3 heterocycles. The molecule has 0 bridgehead atoms. The van der Waals surface area contributed by atoms with Gasteiger partial charge < -0.3 is 11.1 Å². The number of fused-ring (bicyclic) bond motifs is 1. The van der Waals surface area contributed by atoms with E-state index < -0.39 is 0 Å². The third-order valence-electron chi connectivity index (χ3n) is 4.94. The summed E-state index contributed by atoms with van der Waals surface area (Å²) < 4.78 is 0. The number of aryl methyl sites for hydroxylation is 1. The van der Waals surface area contributed by atoms with Crippen LogP contribution in [0.1, 0.15) is 18.7 Å². The number of hydrogen-bond acceptors (Lipinski definition) is 6. The summed E-state index contributed by atoms with van der Waals surface area (Å²) in [5, 5.41) is 6.90. The maximum atomic E-state index is 11.1. The number of thiophene rings is 1. The van der Waals surface area contributed by atoms with E-state index in [0.717, 1.165) is 47.8 Å². The average Bonchev–Trinajstić information content (AvgIpc) is 3.07. The van der Waals surface area contributed by atoms with Gasteiger partial charge in [0.1, 0.15) is 16.5 Å². The number of amides is 1. The van der Waals surface area contributed by atoms with Gasteiger partial charge in [-0.05, 0) is 25.3 Å². The third-order valence-corrected chi connectivity index (χ3v) is 5.81. The number of carbonyl (C=O) groups is 1. The van der Waals surface area contributed by atoms with Crippen LogP contribution in [0.2, 0.25) is 0 Å². The fourth-order valence-electron chi connectivity index (χ4n) is 3.63. The highest BCUT2D eigenvalue weighted by Crippen LogP contribution is 2.37. The molecule has 0 spiro atoms. The molecule has 6 nitrogen and oxygen atoms in total. The van der Waals surface area contributed by atoms with Crippen LogP contribution in [0.4, 0.5) is 5.82 Å². The van der Waals surface area contributed by atoms with Crippen molar-refractivity contribution in [3.63, 3.8) is 0 Å². The standard InChI is InChI=1S/C20H23N5OS/c1-13-22-19(24-15-7-9-25(10-8-15)11-17(21)26)18-16(12-27-20(18)23-13)14-5-3-2-4-6-14/h2-6,12,15H,7-11H2,1H3,(H2,21,26)(H,22,23,24). The first-order valence-electron chi connectivity index (χ1n) is 9.18. The van der Waals surface area contributed by atoms with E-state index in [1.165, 1.54) is 11.1 Å². The molecule has 0 unspecified atom stereocenters. The smallest absolute Gasteiger partial charge is 0.231 e. The summed E-state index contributed by atoms with van der Waals surface area (Å²) in [6.07, 6.45) is 1.92. The Bertz CT molecular complexity index is 948. The molecule has 7 heteroatoms. The van der Waals surface area contributed by atoms with Crippen molar-refractivity contribution < 1.29 is 4.79 Å². The monoisotopic (exact) mass is 381 g/mol. The second kappa shape index (κ2) is 7.62. The molecule has 4 rings (SSSR count). The van der Waals surface area contributed by atoms with Crippen molar-refractivity contribution in [1.29, 1.82) is 0 Å². The summed E-state index contributed by atoms with van der Waals surface area (Å²) in [7, 11) is 0. The largest absolute Gasteiger partial charge is 0.369 e. The molecule has 1 saturated heterocycles. The molecule has 0 saturated carbocycles. The summed E-state index contributed by atoms with van der Waals surface area (Å²) in [6, 6.07) is 10.7. The Labute approximate surface area is 162 Å². The van der Waals surface area contributed by atoms with Gasteiger partial charge >= 0.3 is 0 Å². The average molecular weight is 382 g/mol. The van der Waals surface area contributed by atoms with E-state index in [1.807, 2.05) is 13.0 Å². The minimum atomic E-state index is -0.264. The first kappa shape index (κ1) is 17.9. The van der Waals surface area contributed by atoms with Gasteiger partial charge in [-0.25, -0.2) is 9.97 Å². The zero-order valence-corrected chi connectivity index (χ0v) is 16.1. The van der Waals surface area contributed by atoms with Crippen LogP contribution in [0.25, 0.3) is 21.3 Å². The van der Waals surface area contributed by atoms with E-state index in [4.69, 9.17) is 10.7 Å². The van der Waals surface area contributed by atoms with Crippen LogP contribution in [-0.2, 0) is 4.79 Å². The van der Waals surface area contributed by atoms with Gasteiger partial charge in [-0.3, -0.25) is 9.69 Å². The number of primary amides is 1. The maximum Gasteiger partial charge on any atom is 0.231 e. The molecule has 140 valence electrons. The fraction of sp³-hybridized carbons (Fsp3) is 0.350. The molecule has 27 heavy (non-hydrogen) atoms. The van der Waals surface area contributed by atoms with Crippen molar-refractivity contribution in [2.24, 2.45) is 5.73 Å². The fourth-order valence-corrected chi connectivity index (χ4v) is 4.62. The number of aromatic nitrogens is 2. The molecule has 0 atom stereocenters. The molecular formula is C20H23N5OS. The van der Waals surface area contributed by atoms with Crippen molar-refractivity contribution in [3.8, 4) is 11.1 Å². The van der Waals surface area contributed by atoms with Crippen molar-refractivity contribution >= 4 is 33.3 Å². The first-order chi connectivity index (χ1) is 13.1. The second-order valence-electron chi connectivity index (χ2n) is 6.98. The summed E-state index contributed by atoms with van der Waals surface area (Å²) in [5.74, 6) is 1.42. The van der Waals surface area contributed by atoms with Crippen molar-refractivity contribution in [1.82, 2.24) is 14.9 Å². The van der Waals surface area contributed by atoms with Crippen LogP contribution >= 0.6 is 11.3 Å². The van der Waals surface area contributed by atoms with Gasteiger partial charge in [0.05, 0.1) is 11.9 Å². The van der Waals surface area contributed by atoms with E-state index in [-0.39, 0.29) is 5.91 Å². The van der Waals surface area contributed by atoms with E-state index >= 15 is 0 Å². The Balaban J connectivity index is 1.60. The normalized spacial score (nSPS) is 15.9. The van der Waals surface area contributed by atoms with Gasteiger partial charge in [0.15, 0.2) is 0 Å². The van der Waals surface area contributed by atoms with Crippen LogP contribution in [0.15, 0.2) is 35.7 Å². The summed E-state index contributed by atoms with van der Waals surface area (Å²) in [6.45, 7) is 4.00. The highest BCUT2D eigenvalue weighted by atomic mass is 32.1. The zero-order chi connectivity index (χ0) is 18.8. The number of carbonyl (C=O) groups excluding carboxylic acids is 1. The van der Waals surface area contributed by atoms with Gasteiger partial charge in [0, 0.05) is 30.1 Å². The molecule has 1 aliphatic heterocycles. The number of anilines is 1. The number of nitrogens with one attached hydrogen (secondary N) is 1. The lowest BCUT2D eigenvalue weighted by Crippen LogP contribution is -2.43. The lowest BCUT2D eigenvalue weighted by Gasteiger charge is -2.31. The lowest BCUT2D eigenvalue weighted by molar-refractivity contribution is -0.119. The first-order valence-corrected chi connectivity index (χ1v) is 10.1. The number of piperidine rings is 1. The Kier molecular flexibility index (Phi) is 5.05. The van der Waals surface area contributed by atoms with E-state index in [0.29, 0.717) is 12.6 Å². The Hall–Kier alpha value is -2.51. The number of nitrogens with two attached hydrogens (primary N) is 1. The van der Waals surface area contributed by atoms with Crippen molar-refractivity contribution in [2.75, 3.05) is 25.0 Å². The molecule has 0 radical (unpaired) electrons. The Morgan fingerprint density at radius 2 is 2.00 bits per heavy atom. The number of hydrogen-bond donors (Lipinski definition) is 2. The predicted octanol–water partition coefficient (Wildman–Crippen LogP) is 3.03. The molecule has 1 fully saturated rings. The van der Waals surface area contributed by atoms with Crippen LogP contribution in [-0.4, -0.2) is 46.5 Å². The Morgan fingerprint density at radius 3 is 2.70 bits per heavy atom. The number of rotatable bonds is 5. The predicted molar refractivity (Wildman–Crippen MR) is 110 cm³/mol. The SMILES string of the molecule is Cc1nc(NC2CCN(CC(N)=O)CC2)c2c(-c3ccccc3)csc2n1. The molecule has 1 aliphatic rings. The molecule has 1 aromatic carbocycles. The minimum Gasteiger partial charge on any atom is -0.369 e. The van der Waals surface area contributed by atoms with E-state index in [1.54, 1.807) is 11.3 Å². The maximum absolute atomic E-state index is 11.1. The number of benzene rings is 1. The molecule has 3 aromatic rings. The molecule has 2 aromatic heterocycles. The number of likely N-dealkylation sites (tertiary alicyclic amines) is 1. The highest BCUT2D eigenvalue weighted by Gasteiger charge is 2.22. The van der Waals surface area contributed by atoms with Gasteiger partial charge in [-0.2, -0.15) is 0 Å². The van der Waals surface area contributed by atoms with E-state index in [9.17, 15) is 4.79 Å². The minimum absolute atomic E-state index is 0.264. The van der Waals surface area contributed by atoms with Gasteiger partial charge in [0.2, 0.25) is 5.91 Å². The quantitative estimate of drug-likeness (QED) is 0.710. The van der Waals surface area contributed by atoms with Crippen molar-refractivity contribution in [3.05, 3.63) is 41.5 Å². The molecule has 1 amide bonds. The summed E-state index contributed by atoms with van der Waals surface area (Å²) in [5.41, 5.74) is 7.66. The Morgan fingerprint density at radius 1 is 1.26 bits per heavy atom. The van der Waals surface area contributed by atoms with Crippen LogP contribution in [0.3, 0.4) is 0 Å². The summed E-state index contributed by atoms with van der Waals surface area (Å²) >= 11 is 1.66. The zero-order valence-electron chi connectivity index (χ0n) is 15.3.